The van der Waals surface area contributed by atoms with E-state index in [2.05, 4.69) is 31.1 Å². The van der Waals surface area contributed by atoms with Crippen LogP contribution in [0.5, 0.6) is 0 Å². The van der Waals surface area contributed by atoms with Crippen LogP contribution in [0.15, 0.2) is 22.8 Å². The predicted octanol–water partition coefficient (Wildman–Crippen LogP) is 1.57. The van der Waals surface area contributed by atoms with Crippen LogP contribution < -0.4 is 10.2 Å². The summed E-state index contributed by atoms with van der Waals surface area (Å²) in [5, 5.41) is 3.09. The zero-order valence-corrected chi connectivity index (χ0v) is 16.3. The predicted molar refractivity (Wildman–Crippen MR) is 100.0 cm³/mol. The van der Waals surface area contributed by atoms with Gasteiger partial charge in [0.15, 0.2) is 0 Å². The second-order valence-electron chi connectivity index (χ2n) is 4.87. The number of amides is 1. The summed E-state index contributed by atoms with van der Waals surface area (Å²) in [5.41, 5.74) is 0. The Morgan fingerprint density at radius 2 is 2.00 bits per heavy atom. The molecular weight excluding hydrogens is 407 g/mol. The Morgan fingerprint density at radius 1 is 1.30 bits per heavy atom. The van der Waals surface area contributed by atoms with E-state index in [4.69, 9.17) is 4.74 Å². The van der Waals surface area contributed by atoms with E-state index < -0.39 is 0 Å². The van der Waals surface area contributed by atoms with E-state index in [0.717, 1.165) is 36.5 Å². The molecule has 1 aliphatic heterocycles. The van der Waals surface area contributed by atoms with Gasteiger partial charge in [-0.25, -0.2) is 4.98 Å². The van der Waals surface area contributed by atoms with Gasteiger partial charge < -0.3 is 19.9 Å². The minimum absolute atomic E-state index is 0. The van der Waals surface area contributed by atoms with E-state index in [1.165, 1.54) is 0 Å². The van der Waals surface area contributed by atoms with E-state index in [-0.39, 0.29) is 30.7 Å². The van der Waals surface area contributed by atoms with Crippen molar-refractivity contribution in [1.82, 2.24) is 15.2 Å². The third kappa shape index (κ3) is 7.22. The van der Waals surface area contributed by atoms with Crippen molar-refractivity contribution >= 4 is 52.5 Å². The molecule has 2 heterocycles. The number of methoxy groups -OCH3 is 1. The number of piperazine rings is 1. The van der Waals surface area contributed by atoms with Crippen molar-refractivity contribution in [3.8, 4) is 0 Å². The Hall–Kier alpha value is -0.600. The summed E-state index contributed by atoms with van der Waals surface area (Å²) >= 11 is 3.38. The average Bonchev–Trinajstić information content (AvgIpc) is 2.52. The van der Waals surface area contributed by atoms with Gasteiger partial charge in [0.05, 0.1) is 13.2 Å². The van der Waals surface area contributed by atoms with Crippen molar-refractivity contribution in [2.24, 2.45) is 0 Å². The van der Waals surface area contributed by atoms with Crippen LogP contribution in [0.2, 0.25) is 0 Å². The Labute approximate surface area is 157 Å². The number of halogens is 3. The number of aromatic nitrogens is 1. The molecule has 1 aromatic heterocycles. The molecule has 0 saturated carbocycles. The number of carbonyl (C=O) groups excluding carboxylic acids is 1. The summed E-state index contributed by atoms with van der Waals surface area (Å²) in [5.74, 6) is 1.11. The van der Waals surface area contributed by atoms with Gasteiger partial charge in [0, 0.05) is 50.5 Å². The minimum atomic E-state index is 0. The number of hydrogen-bond donors (Lipinski definition) is 1. The molecule has 1 amide bonds. The lowest BCUT2D eigenvalue weighted by Gasteiger charge is -2.35. The molecule has 1 aliphatic rings. The quantitative estimate of drug-likeness (QED) is 0.695. The van der Waals surface area contributed by atoms with E-state index in [9.17, 15) is 4.79 Å². The molecule has 2 rings (SSSR count). The van der Waals surface area contributed by atoms with E-state index in [0.29, 0.717) is 19.7 Å². The number of pyridine rings is 1. The lowest BCUT2D eigenvalue weighted by atomic mass is 10.3. The molecule has 132 valence electrons. The number of rotatable bonds is 6. The number of nitrogens with zero attached hydrogens (tertiary/aromatic N) is 3. The fraction of sp³-hybridized carbons (Fsp3) is 0.571. The molecule has 1 saturated heterocycles. The van der Waals surface area contributed by atoms with Crippen LogP contribution in [0, 0.1) is 0 Å². The second kappa shape index (κ2) is 11.9. The van der Waals surface area contributed by atoms with Gasteiger partial charge in [0.25, 0.3) is 0 Å². The van der Waals surface area contributed by atoms with Crippen LogP contribution >= 0.6 is 40.7 Å². The highest BCUT2D eigenvalue weighted by atomic mass is 79.9. The fourth-order valence-electron chi connectivity index (χ4n) is 2.22. The maximum Gasteiger partial charge on any atom is 0.236 e. The van der Waals surface area contributed by atoms with Gasteiger partial charge in [0.2, 0.25) is 5.91 Å². The molecule has 23 heavy (non-hydrogen) atoms. The van der Waals surface area contributed by atoms with Gasteiger partial charge in [-0.2, -0.15) is 0 Å². The molecule has 0 aliphatic carbocycles. The van der Waals surface area contributed by atoms with Crippen molar-refractivity contribution in [2.45, 2.75) is 0 Å². The molecule has 0 unspecified atom stereocenters. The molecule has 1 N–H and O–H groups in total. The first-order valence-electron chi connectivity index (χ1n) is 7.04. The van der Waals surface area contributed by atoms with Crippen LogP contribution in [0.25, 0.3) is 0 Å². The largest absolute Gasteiger partial charge is 0.383 e. The van der Waals surface area contributed by atoms with Gasteiger partial charge >= 0.3 is 0 Å². The summed E-state index contributed by atoms with van der Waals surface area (Å²) in [6, 6.07) is 3.98. The lowest BCUT2D eigenvalue weighted by molar-refractivity contribution is -0.130. The number of nitrogens with one attached hydrogen (secondary N) is 1. The van der Waals surface area contributed by atoms with Gasteiger partial charge in [-0.15, -0.1) is 24.8 Å². The van der Waals surface area contributed by atoms with Crippen LogP contribution in [0.3, 0.4) is 0 Å². The van der Waals surface area contributed by atoms with Gasteiger partial charge in [0.1, 0.15) is 5.82 Å². The first-order valence-corrected chi connectivity index (χ1v) is 7.84. The van der Waals surface area contributed by atoms with Gasteiger partial charge in [-0.1, -0.05) is 0 Å². The Morgan fingerprint density at radius 3 is 2.57 bits per heavy atom. The Kier molecular flexibility index (Phi) is 11.6. The highest BCUT2D eigenvalue weighted by Gasteiger charge is 2.21. The number of anilines is 1. The molecule has 9 heteroatoms. The zero-order valence-electron chi connectivity index (χ0n) is 13.0. The third-order valence-corrected chi connectivity index (χ3v) is 3.90. The average molecular weight is 430 g/mol. The van der Waals surface area contributed by atoms with E-state index in [1.54, 1.807) is 13.3 Å². The highest BCUT2D eigenvalue weighted by Crippen LogP contribution is 2.16. The SMILES string of the molecule is COCCNCC(=O)N1CCN(c2ccc(Br)cn2)CC1.Cl.Cl. The molecule has 0 radical (unpaired) electrons. The topological polar surface area (TPSA) is 57.7 Å². The summed E-state index contributed by atoms with van der Waals surface area (Å²) in [7, 11) is 1.65. The smallest absolute Gasteiger partial charge is 0.236 e. The molecule has 0 aromatic carbocycles. The summed E-state index contributed by atoms with van der Waals surface area (Å²) in [6.45, 7) is 4.81. The molecule has 6 nitrogen and oxygen atoms in total. The molecular formula is C14H23BrCl2N4O2. The van der Waals surface area contributed by atoms with Crippen molar-refractivity contribution in [3.63, 3.8) is 0 Å². The molecule has 0 bridgehead atoms. The number of carbonyl (C=O) groups is 1. The van der Waals surface area contributed by atoms with Crippen LogP contribution in [0.1, 0.15) is 0 Å². The van der Waals surface area contributed by atoms with Crippen LogP contribution in [0.4, 0.5) is 5.82 Å². The molecule has 1 aromatic rings. The summed E-state index contributed by atoms with van der Waals surface area (Å²) < 4.78 is 5.91. The highest BCUT2D eigenvalue weighted by molar-refractivity contribution is 9.10. The fourth-order valence-corrected chi connectivity index (χ4v) is 2.46. The minimum Gasteiger partial charge on any atom is -0.383 e. The lowest BCUT2D eigenvalue weighted by Crippen LogP contribution is -2.51. The van der Waals surface area contributed by atoms with Crippen molar-refractivity contribution < 1.29 is 9.53 Å². The Balaban J connectivity index is 0.00000242. The molecule has 0 spiro atoms. The Bertz CT molecular complexity index is 457. The van der Waals surface area contributed by atoms with Crippen molar-refractivity contribution in [2.75, 3.05) is 57.9 Å². The van der Waals surface area contributed by atoms with Gasteiger partial charge in [-0.05, 0) is 28.1 Å². The normalized spacial score (nSPS) is 14.0. The maximum atomic E-state index is 12.0. The number of ether oxygens (including phenoxy) is 1. The monoisotopic (exact) mass is 428 g/mol. The summed E-state index contributed by atoms with van der Waals surface area (Å²) in [4.78, 5) is 20.5. The third-order valence-electron chi connectivity index (χ3n) is 3.43. The van der Waals surface area contributed by atoms with E-state index >= 15 is 0 Å². The van der Waals surface area contributed by atoms with Crippen LogP contribution in [-0.4, -0.2) is 68.8 Å². The standard InChI is InChI=1S/C14H21BrN4O2.2ClH/c1-21-9-4-16-11-14(20)19-7-5-18(6-8-19)13-3-2-12(15)10-17-13;;/h2-3,10,16H,4-9,11H2,1H3;2*1H. The van der Waals surface area contributed by atoms with Crippen molar-refractivity contribution in [1.29, 1.82) is 0 Å². The maximum absolute atomic E-state index is 12.0. The molecule has 1 fully saturated rings. The van der Waals surface area contributed by atoms with Crippen molar-refractivity contribution in [3.05, 3.63) is 22.8 Å². The number of hydrogen-bond acceptors (Lipinski definition) is 5. The van der Waals surface area contributed by atoms with Gasteiger partial charge in [-0.3, -0.25) is 4.79 Å². The summed E-state index contributed by atoms with van der Waals surface area (Å²) in [6.07, 6.45) is 1.80. The first-order chi connectivity index (χ1) is 10.2. The van der Waals surface area contributed by atoms with E-state index in [1.807, 2.05) is 17.0 Å². The van der Waals surface area contributed by atoms with Crippen LogP contribution in [-0.2, 0) is 9.53 Å². The zero-order chi connectivity index (χ0) is 15.1. The first kappa shape index (κ1) is 22.4. The second-order valence-corrected chi connectivity index (χ2v) is 5.79. The molecule has 0 atom stereocenters.